The van der Waals surface area contributed by atoms with Crippen LogP contribution in [-0.2, 0) is 4.79 Å². The van der Waals surface area contributed by atoms with Crippen LogP contribution in [0, 0.1) is 10.1 Å². The van der Waals surface area contributed by atoms with Crippen LogP contribution in [0.5, 0.6) is 0 Å². The Morgan fingerprint density at radius 2 is 2.16 bits per heavy atom. The van der Waals surface area contributed by atoms with Gasteiger partial charge in [-0.05, 0) is 23.6 Å². The number of carbonyl (C=O) groups is 1. The standard InChI is InChI=1S/C13H8N2O3S/c16-13-11(7-9-2-1-5-19-9)10-6-8(15(17)18)3-4-12(10)14-13/h1-7H,(H,14,16). The average molecular weight is 272 g/mol. The number of fused-ring (bicyclic) bond motifs is 1. The van der Waals surface area contributed by atoms with E-state index in [1.807, 2.05) is 17.5 Å². The van der Waals surface area contributed by atoms with Gasteiger partial charge in [-0.1, -0.05) is 6.07 Å². The van der Waals surface area contributed by atoms with Gasteiger partial charge < -0.3 is 5.32 Å². The van der Waals surface area contributed by atoms with E-state index < -0.39 is 4.92 Å². The number of nitrogens with one attached hydrogen (secondary N) is 1. The van der Waals surface area contributed by atoms with Crippen LogP contribution in [0.3, 0.4) is 0 Å². The minimum Gasteiger partial charge on any atom is -0.321 e. The first kappa shape index (κ1) is 11.6. The lowest BCUT2D eigenvalue weighted by Gasteiger charge is -1.98. The van der Waals surface area contributed by atoms with E-state index in [2.05, 4.69) is 5.32 Å². The number of hydrogen-bond acceptors (Lipinski definition) is 4. The molecule has 0 aliphatic carbocycles. The predicted octanol–water partition coefficient (Wildman–Crippen LogP) is 3.15. The Labute approximate surface area is 112 Å². The molecule has 19 heavy (non-hydrogen) atoms. The number of nitro groups is 1. The third-order valence-electron chi connectivity index (χ3n) is 2.83. The number of rotatable bonds is 2. The molecule has 0 fully saturated rings. The Hall–Kier alpha value is -2.47. The Morgan fingerprint density at radius 3 is 2.84 bits per heavy atom. The molecule has 3 rings (SSSR count). The smallest absolute Gasteiger partial charge is 0.270 e. The number of nitro benzene ring substituents is 1. The van der Waals surface area contributed by atoms with Gasteiger partial charge in [-0.15, -0.1) is 11.3 Å². The zero-order chi connectivity index (χ0) is 13.4. The van der Waals surface area contributed by atoms with Crippen molar-refractivity contribution >= 4 is 40.3 Å². The van der Waals surface area contributed by atoms with E-state index in [4.69, 9.17) is 0 Å². The van der Waals surface area contributed by atoms with Crippen molar-refractivity contribution in [3.05, 3.63) is 56.3 Å². The topological polar surface area (TPSA) is 72.2 Å². The molecule has 1 N–H and O–H groups in total. The molecule has 1 aromatic heterocycles. The van der Waals surface area contributed by atoms with E-state index in [0.717, 1.165) is 4.88 Å². The molecule has 2 aromatic rings. The molecule has 0 spiro atoms. The summed E-state index contributed by atoms with van der Waals surface area (Å²) in [5, 5.41) is 15.4. The third kappa shape index (κ3) is 2.02. The van der Waals surface area contributed by atoms with Gasteiger partial charge in [-0.3, -0.25) is 14.9 Å². The number of benzene rings is 1. The summed E-state index contributed by atoms with van der Waals surface area (Å²) >= 11 is 1.51. The predicted molar refractivity (Wildman–Crippen MR) is 73.9 cm³/mol. The molecule has 0 saturated carbocycles. The van der Waals surface area contributed by atoms with Crippen molar-refractivity contribution in [1.82, 2.24) is 0 Å². The van der Waals surface area contributed by atoms with E-state index in [1.165, 1.54) is 23.5 Å². The van der Waals surface area contributed by atoms with E-state index in [-0.39, 0.29) is 11.6 Å². The van der Waals surface area contributed by atoms with Crippen LogP contribution in [-0.4, -0.2) is 10.8 Å². The maximum Gasteiger partial charge on any atom is 0.270 e. The van der Waals surface area contributed by atoms with Crippen LogP contribution in [0.1, 0.15) is 10.4 Å². The van der Waals surface area contributed by atoms with Gasteiger partial charge in [0.25, 0.3) is 11.6 Å². The van der Waals surface area contributed by atoms with Crippen molar-refractivity contribution in [2.75, 3.05) is 5.32 Å². The van der Waals surface area contributed by atoms with Gasteiger partial charge in [-0.2, -0.15) is 0 Å². The van der Waals surface area contributed by atoms with E-state index in [1.54, 1.807) is 12.1 Å². The molecule has 0 bridgehead atoms. The lowest BCUT2D eigenvalue weighted by molar-refractivity contribution is -0.384. The first-order valence-electron chi connectivity index (χ1n) is 5.50. The van der Waals surface area contributed by atoms with Crippen molar-refractivity contribution in [1.29, 1.82) is 0 Å². The second-order valence-electron chi connectivity index (χ2n) is 4.01. The summed E-state index contributed by atoms with van der Waals surface area (Å²) in [7, 11) is 0. The van der Waals surface area contributed by atoms with Gasteiger partial charge in [-0.25, -0.2) is 0 Å². The first-order valence-corrected chi connectivity index (χ1v) is 6.38. The van der Waals surface area contributed by atoms with Crippen molar-refractivity contribution < 1.29 is 9.72 Å². The molecule has 0 unspecified atom stereocenters. The van der Waals surface area contributed by atoms with Gasteiger partial charge in [0.15, 0.2) is 0 Å². The summed E-state index contributed by atoms with van der Waals surface area (Å²) in [5.41, 5.74) is 1.62. The summed E-state index contributed by atoms with van der Waals surface area (Å²) < 4.78 is 0. The number of amides is 1. The summed E-state index contributed by atoms with van der Waals surface area (Å²) in [6.45, 7) is 0. The number of carbonyl (C=O) groups excluding carboxylic acids is 1. The van der Waals surface area contributed by atoms with Crippen molar-refractivity contribution in [2.45, 2.75) is 0 Å². The average Bonchev–Trinajstić information content (AvgIpc) is 2.98. The Kier molecular flexibility index (Phi) is 2.64. The number of nitrogens with zero attached hydrogens (tertiary/aromatic N) is 1. The molecule has 0 saturated heterocycles. The second-order valence-corrected chi connectivity index (χ2v) is 4.99. The zero-order valence-corrected chi connectivity index (χ0v) is 10.4. The maximum atomic E-state index is 11.9. The number of thiophene rings is 1. The lowest BCUT2D eigenvalue weighted by atomic mass is 10.1. The van der Waals surface area contributed by atoms with E-state index in [0.29, 0.717) is 16.8 Å². The SMILES string of the molecule is O=C1Nc2ccc([N+](=O)[O-])cc2C1=Cc1cccs1. The van der Waals surface area contributed by atoms with Crippen LogP contribution in [0.2, 0.25) is 0 Å². The fraction of sp³-hybridized carbons (Fsp3) is 0. The highest BCUT2D eigenvalue weighted by atomic mass is 32.1. The molecule has 1 aliphatic rings. The maximum absolute atomic E-state index is 11.9. The summed E-state index contributed by atoms with van der Waals surface area (Å²) in [4.78, 5) is 23.2. The van der Waals surface area contributed by atoms with Crippen molar-refractivity contribution in [3.63, 3.8) is 0 Å². The number of anilines is 1. The Morgan fingerprint density at radius 1 is 1.32 bits per heavy atom. The van der Waals surface area contributed by atoms with Gasteiger partial charge in [0.05, 0.1) is 10.5 Å². The minimum atomic E-state index is -0.466. The van der Waals surface area contributed by atoms with Gasteiger partial charge in [0.2, 0.25) is 0 Å². The van der Waals surface area contributed by atoms with Crippen molar-refractivity contribution in [2.24, 2.45) is 0 Å². The highest BCUT2D eigenvalue weighted by Gasteiger charge is 2.26. The summed E-state index contributed by atoms with van der Waals surface area (Å²) in [6, 6.07) is 8.14. The fourth-order valence-corrected chi connectivity index (χ4v) is 2.61. The second kappa shape index (κ2) is 4.33. The van der Waals surface area contributed by atoms with Crippen LogP contribution in [0.4, 0.5) is 11.4 Å². The molecule has 94 valence electrons. The number of hydrogen-bond donors (Lipinski definition) is 1. The minimum absolute atomic E-state index is 0.0210. The molecule has 1 aliphatic heterocycles. The van der Waals surface area contributed by atoms with E-state index in [9.17, 15) is 14.9 Å². The van der Waals surface area contributed by atoms with E-state index >= 15 is 0 Å². The molecular weight excluding hydrogens is 264 g/mol. The van der Waals surface area contributed by atoms with Crippen LogP contribution < -0.4 is 5.32 Å². The number of non-ortho nitro benzene ring substituents is 1. The quantitative estimate of drug-likeness (QED) is 0.518. The highest BCUT2D eigenvalue weighted by molar-refractivity contribution is 7.11. The van der Waals surface area contributed by atoms with Crippen LogP contribution in [0.15, 0.2) is 35.7 Å². The monoisotopic (exact) mass is 272 g/mol. The fourth-order valence-electron chi connectivity index (χ4n) is 1.95. The Balaban J connectivity index is 2.12. The van der Waals surface area contributed by atoms with Crippen molar-refractivity contribution in [3.8, 4) is 0 Å². The molecule has 5 nitrogen and oxygen atoms in total. The molecule has 1 aromatic carbocycles. The van der Waals surface area contributed by atoms with Gasteiger partial charge >= 0.3 is 0 Å². The summed E-state index contributed by atoms with van der Waals surface area (Å²) in [5.74, 6) is -0.233. The molecule has 6 heteroatoms. The molecular formula is C13H8N2O3S. The Bertz CT molecular complexity index is 705. The third-order valence-corrected chi connectivity index (χ3v) is 3.65. The normalized spacial score (nSPS) is 15.4. The largest absolute Gasteiger partial charge is 0.321 e. The van der Waals surface area contributed by atoms with Gasteiger partial charge in [0, 0.05) is 28.3 Å². The highest BCUT2D eigenvalue weighted by Crippen LogP contribution is 2.35. The molecule has 0 radical (unpaired) electrons. The van der Waals surface area contributed by atoms with Gasteiger partial charge in [0.1, 0.15) is 0 Å². The molecule has 1 amide bonds. The molecule has 2 heterocycles. The van der Waals surface area contributed by atoms with Crippen LogP contribution >= 0.6 is 11.3 Å². The molecule has 0 atom stereocenters. The zero-order valence-electron chi connectivity index (χ0n) is 9.62. The first-order chi connectivity index (χ1) is 9.15. The van der Waals surface area contributed by atoms with Crippen LogP contribution in [0.25, 0.3) is 11.6 Å². The lowest BCUT2D eigenvalue weighted by Crippen LogP contribution is -2.03. The summed E-state index contributed by atoms with van der Waals surface area (Å²) in [6.07, 6.45) is 1.75.